The van der Waals surface area contributed by atoms with Crippen molar-refractivity contribution in [2.45, 2.75) is 20.3 Å². The first-order valence-electron chi connectivity index (χ1n) is 3.15. The molecule has 0 aromatic heterocycles. The van der Waals surface area contributed by atoms with Crippen LogP contribution in [0.5, 0.6) is 0 Å². The minimum absolute atomic E-state index is 0.988. The van der Waals surface area contributed by atoms with Gasteiger partial charge in [0.2, 0.25) is 0 Å². The van der Waals surface area contributed by atoms with E-state index in [1.807, 2.05) is 35.9 Å². The summed E-state index contributed by atoms with van der Waals surface area (Å²) in [6, 6.07) is 0. The molecule has 10 heavy (non-hydrogen) atoms. The third-order valence-electron chi connectivity index (χ3n) is 0.900. The fourth-order valence-corrected chi connectivity index (χ4v) is 0.569. The lowest BCUT2D eigenvalue weighted by molar-refractivity contribution is 1.23. The normalized spacial score (nSPS) is 13.7. The fraction of sp³-hybridized carbons (Fsp3) is 0.429. The van der Waals surface area contributed by atoms with Gasteiger partial charge in [-0.05, 0) is 19.4 Å². The van der Waals surface area contributed by atoms with Gasteiger partial charge in [0.1, 0.15) is 6.34 Å². The van der Waals surface area contributed by atoms with Gasteiger partial charge in [0.15, 0.2) is 0 Å². The number of rotatable bonds is 3. The van der Waals surface area contributed by atoms with Crippen molar-refractivity contribution in [1.82, 2.24) is 0 Å². The van der Waals surface area contributed by atoms with Crippen LogP contribution in [-0.2, 0) is 0 Å². The van der Waals surface area contributed by atoms with E-state index in [-0.39, 0.29) is 0 Å². The summed E-state index contributed by atoms with van der Waals surface area (Å²) < 4.78 is 3.71. The number of allylic oxidation sites excluding steroid dienone is 2. The van der Waals surface area contributed by atoms with Gasteiger partial charge in [0.25, 0.3) is 0 Å². The summed E-state index contributed by atoms with van der Waals surface area (Å²) in [6.45, 7) is 4.04. The number of hydrogen-bond acceptors (Lipinski definition) is 1. The maximum absolute atomic E-state index is 4.01. The third-order valence-corrected chi connectivity index (χ3v) is 1.15. The molecule has 0 aliphatic rings. The average Bonchev–Trinajstić information content (AvgIpc) is 1.97. The van der Waals surface area contributed by atoms with Crippen molar-refractivity contribution in [2.75, 3.05) is 0 Å². The fourth-order valence-electron chi connectivity index (χ4n) is 0.444. The molecule has 0 aromatic carbocycles. The number of hydrogen-bond donors (Lipinski definition) is 0. The zero-order chi connectivity index (χ0) is 7.82. The summed E-state index contributed by atoms with van der Waals surface area (Å²) in [7, 11) is 0. The van der Waals surface area contributed by atoms with Crippen molar-refractivity contribution < 1.29 is 0 Å². The first kappa shape index (κ1) is 9.81. The van der Waals surface area contributed by atoms with Gasteiger partial charge in [0.05, 0.1) is 22.9 Å². The van der Waals surface area contributed by atoms with Gasteiger partial charge in [-0.3, -0.25) is 0 Å². The molecule has 0 saturated heterocycles. The first-order chi connectivity index (χ1) is 4.81. The number of nitrogens with zero attached hydrogens (tertiary/aromatic N) is 2. The second kappa shape index (κ2) is 6.92. The maximum Gasteiger partial charge on any atom is 0.122 e. The number of halogens is 1. The first-order valence-corrected chi connectivity index (χ1v) is 4.11. The van der Waals surface area contributed by atoms with E-state index in [0.717, 1.165) is 12.1 Å². The van der Waals surface area contributed by atoms with Crippen LogP contribution in [0, 0.1) is 0 Å². The van der Waals surface area contributed by atoms with Gasteiger partial charge < -0.3 is 0 Å². The largest absolute Gasteiger partial charge is 0.241 e. The quantitative estimate of drug-likeness (QED) is 0.418. The Bertz CT molecular complexity index is 159. The summed E-state index contributed by atoms with van der Waals surface area (Å²) in [5.74, 6) is 0. The highest BCUT2D eigenvalue weighted by Crippen LogP contribution is 1.85. The molecule has 0 rings (SSSR count). The highest BCUT2D eigenvalue weighted by Gasteiger charge is 1.77. The van der Waals surface area contributed by atoms with Crippen LogP contribution in [0.2, 0.25) is 0 Å². The molecule has 2 nitrogen and oxygen atoms in total. The predicted octanol–water partition coefficient (Wildman–Crippen LogP) is 2.79. The number of aliphatic imine (C=N–C) groups is 1. The molecule has 3 heteroatoms. The summed E-state index contributed by atoms with van der Waals surface area (Å²) in [5, 5.41) is 0. The van der Waals surface area contributed by atoms with Crippen molar-refractivity contribution in [3.63, 3.8) is 0 Å². The molecule has 0 amide bonds. The van der Waals surface area contributed by atoms with Gasteiger partial charge in [-0.2, -0.15) is 0 Å². The molecule has 0 saturated carbocycles. The molecule has 0 radical (unpaired) electrons. The smallest absolute Gasteiger partial charge is 0.122 e. The van der Waals surface area contributed by atoms with E-state index < -0.39 is 0 Å². The van der Waals surface area contributed by atoms with Crippen LogP contribution >= 0.6 is 22.9 Å². The van der Waals surface area contributed by atoms with E-state index in [1.54, 1.807) is 0 Å². The second-order valence-electron chi connectivity index (χ2n) is 1.79. The third kappa shape index (κ3) is 5.94. The van der Waals surface area contributed by atoms with Crippen molar-refractivity contribution in [3.8, 4) is 0 Å². The van der Waals surface area contributed by atoms with Crippen molar-refractivity contribution in [2.24, 2.45) is 8.20 Å². The molecule has 0 aromatic rings. The molecular weight excluding hydrogens is 239 g/mol. The van der Waals surface area contributed by atoms with E-state index in [1.165, 1.54) is 6.34 Å². The SMILES string of the molecule is CC/C=C/C(C)=N\C=N/I. The van der Waals surface area contributed by atoms with Crippen LogP contribution in [-0.4, -0.2) is 12.1 Å². The lowest BCUT2D eigenvalue weighted by atomic mass is 10.3. The second-order valence-corrected chi connectivity index (χ2v) is 2.35. The summed E-state index contributed by atoms with van der Waals surface area (Å²) in [5.41, 5.74) is 0.988. The van der Waals surface area contributed by atoms with Gasteiger partial charge in [-0.25, -0.2) is 8.20 Å². The lowest BCUT2D eigenvalue weighted by Crippen LogP contribution is -1.83. The molecule has 0 aliphatic carbocycles. The molecule has 56 valence electrons. The molecule has 0 N–H and O–H groups in total. The Kier molecular flexibility index (Phi) is 6.79. The average molecular weight is 250 g/mol. The Morgan fingerprint density at radius 3 is 2.80 bits per heavy atom. The van der Waals surface area contributed by atoms with E-state index in [4.69, 9.17) is 0 Å². The zero-order valence-corrected chi connectivity index (χ0v) is 8.37. The standard InChI is InChI=1S/C7H11IN2/c1-3-4-5-7(2)9-6-10-8/h4-6H,3H2,1-2H3/b5-4+,9-7-,10-6-. The Morgan fingerprint density at radius 1 is 1.60 bits per heavy atom. The highest BCUT2D eigenvalue weighted by atomic mass is 127. The summed E-state index contributed by atoms with van der Waals surface area (Å²) in [6.07, 6.45) is 6.64. The molecule has 0 heterocycles. The molecule has 0 atom stereocenters. The minimum atomic E-state index is 0.988. The van der Waals surface area contributed by atoms with Gasteiger partial charge in [0, 0.05) is 5.71 Å². The predicted molar refractivity (Wildman–Crippen MR) is 55.1 cm³/mol. The van der Waals surface area contributed by atoms with E-state index in [2.05, 4.69) is 21.2 Å². The van der Waals surface area contributed by atoms with Gasteiger partial charge in [-0.15, -0.1) is 0 Å². The van der Waals surface area contributed by atoms with Crippen LogP contribution in [0.25, 0.3) is 0 Å². The van der Waals surface area contributed by atoms with Gasteiger partial charge in [-0.1, -0.05) is 13.0 Å². The monoisotopic (exact) mass is 250 g/mol. The summed E-state index contributed by atoms with van der Waals surface area (Å²) >= 11 is 1.90. The van der Waals surface area contributed by atoms with Crippen molar-refractivity contribution >= 4 is 34.9 Å². The Hall–Kier alpha value is -0.190. The van der Waals surface area contributed by atoms with E-state index >= 15 is 0 Å². The molecule has 0 aliphatic heterocycles. The molecule has 0 fully saturated rings. The highest BCUT2D eigenvalue weighted by molar-refractivity contribution is 14.1. The molecule has 0 unspecified atom stereocenters. The van der Waals surface area contributed by atoms with Crippen LogP contribution in [0.4, 0.5) is 0 Å². The Balaban J connectivity index is 3.81. The molecule has 0 bridgehead atoms. The summed E-state index contributed by atoms with van der Waals surface area (Å²) in [4.78, 5) is 4.01. The van der Waals surface area contributed by atoms with Crippen LogP contribution in [0.15, 0.2) is 20.4 Å². The lowest BCUT2D eigenvalue weighted by Gasteiger charge is -1.84. The molecule has 0 spiro atoms. The topological polar surface area (TPSA) is 24.7 Å². The van der Waals surface area contributed by atoms with Crippen molar-refractivity contribution in [3.05, 3.63) is 12.2 Å². The van der Waals surface area contributed by atoms with Crippen LogP contribution in [0.1, 0.15) is 20.3 Å². The molecular formula is C7H11IN2. The Morgan fingerprint density at radius 2 is 2.30 bits per heavy atom. The van der Waals surface area contributed by atoms with E-state index in [0.29, 0.717) is 0 Å². The zero-order valence-electron chi connectivity index (χ0n) is 6.21. The Labute approximate surface area is 75.6 Å². The minimum Gasteiger partial charge on any atom is -0.241 e. The maximum atomic E-state index is 4.01. The van der Waals surface area contributed by atoms with E-state index in [9.17, 15) is 0 Å². The van der Waals surface area contributed by atoms with Gasteiger partial charge >= 0.3 is 0 Å². The van der Waals surface area contributed by atoms with Crippen molar-refractivity contribution in [1.29, 1.82) is 0 Å². The van der Waals surface area contributed by atoms with Crippen LogP contribution in [0.3, 0.4) is 0 Å². The van der Waals surface area contributed by atoms with Crippen LogP contribution < -0.4 is 0 Å².